The van der Waals surface area contributed by atoms with E-state index in [-0.39, 0.29) is 57.5 Å². The molecule has 0 aliphatic heterocycles. The molecule has 54 heavy (non-hydrogen) atoms. The Balaban J connectivity index is 0.000000275. The SMILES string of the molecule is C.CC(=O)c1ccc2sc3ncnc(NC4CCC(N(C)C)CC4)c3c2c1.CN(C)C1CCC(Nc2ncnc3sc4ccc(CO)cc4c23)CC1.[AlH3].[H-].[Li+]. The van der Waals surface area contributed by atoms with Crippen molar-refractivity contribution in [1.82, 2.24) is 29.7 Å². The molecule has 8 rings (SSSR count). The molecule has 0 unspecified atom stereocenters. The fourth-order valence-corrected chi connectivity index (χ4v) is 9.71. The zero-order chi connectivity index (χ0) is 35.6. The van der Waals surface area contributed by atoms with Gasteiger partial charge in [0.05, 0.1) is 17.4 Å². The number of aliphatic hydroxyl groups is 1. The average Bonchev–Trinajstić information content (AvgIpc) is 3.71. The molecule has 4 heterocycles. The molecule has 284 valence electrons. The molecule has 10 nitrogen and oxygen atoms in total. The monoisotopic (exact) mass is 778 g/mol. The van der Waals surface area contributed by atoms with E-state index in [1.165, 1.54) is 30.4 Å². The second kappa shape index (κ2) is 19.5. The van der Waals surface area contributed by atoms with Gasteiger partial charge >= 0.3 is 18.9 Å². The van der Waals surface area contributed by atoms with Gasteiger partial charge in [-0.15, -0.1) is 22.7 Å². The smallest absolute Gasteiger partial charge is 1.00 e. The van der Waals surface area contributed by atoms with Crippen LogP contribution in [0.3, 0.4) is 0 Å². The summed E-state index contributed by atoms with van der Waals surface area (Å²) in [7, 11) is 8.66. The summed E-state index contributed by atoms with van der Waals surface area (Å²) in [5.41, 5.74) is 1.66. The van der Waals surface area contributed by atoms with Gasteiger partial charge in [-0.25, -0.2) is 19.9 Å². The number of nitrogens with one attached hydrogen (secondary N) is 2. The molecule has 2 aromatic carbocycles. The van der Waals surface area contributed by atoms with Gasteiger partial charge in [-0.2, -0.15) is 0 Å². The van der Waals surface area contributed by atoms with Crippen LogP contribution in [0.1, 0.15) is 83.1 Å². The fraction of sp³-hybridized carbons (Fsp3) is 0.475. The van der Waals surface area contributed by atoms with Crippen molar-refractivity contribution in [3.05, 3.63) is 60.2 Å². The van der Waals surface area contributed by atoms with Crippen molar-refractivity contribution >= 4 is 98.1 Å². The van der Waals surface area contributed by atoms with Crippen LogP contribution in [0.5, 0.6) is 0 Å². The minimum absolute atomic E-state index is 0. The predicted octanol–water partition coefficient (Wildman–Crippen LogP) is 4.52. The first-order chi connectivity index (χ1) is 24.7. The van der Waals surface area contributed by atoms with Gasteiger partial charge in [0, 0.05) is 49.9 Å². The Morgan fingerprint density at radius 2 is 1.19 bits per heavy atom. The number of benzene rings is 2. The number of carbonyl (C=O) groups excluding carboxylic acids is 1. The van der Waals surface area contributed by atoms with Crippen molar-refractivity contribution in [2.75, 3.05) is 38.8 Å². The molecule has 14 heteroatoms. The van der Waals surface area contributed by atoms with Crippen LogP contribution in [0.15, 0.2) is 49.1 Å². The van der Waals surface area contributed by atoms with Crippen molar-refractivity contribution in [1.29, 1.82) is 0 Å². The standard InChI is InChI=1S/C20H24N4OS.C19H24N4OS.CH4.Al.Li.4H/c1-12(25)13-4-9-17-16(10-13)18-19(21-11-22-20(18)26-17)23-14-5-7-15(8-6-14)24(2)3;1-23(2)14-6-4-13(5-7-14)22-18-17-15-9-12(10-24)3-8-16(15)25-19(17)21-11-20-18;;;;;;;/h4,9-11,14-15H,5-8H2,1-3H3,(H,21,22,23);3,8-9,11,13-14,24H,4-7,10H2,1-2H3,(H,20,21,22);1H4;;;;;;/q;;;;+1;;;;-1. The molecule has 3 N–H and O–H groups in total. The Morgan fingerprint density at radius 3 is 1.61 bits per heavy atom. The molecule has 2 aliphatic rings. The van der Waals surface area contributed by atoms with Gasteiger partial charge in [0.1, 0.15) is 34.0 Å². The van der Waals surface area contributed by atoms with E-state index in [9.17, 15) is 9.90 Å². The topological polar surface area (TPSA) is 119 Å². The zero-order valence-corrected chi connectivity index (χ0v) is 32.8. The van der Waals surface area contributed by atoms with Crippen LogP contribution in [0.4, 0.5) is 11.6 Å². The molecule has 0 saturated heterocycles. The summed E-state index contributed by atoms with van der Waals surface area (Å²) >= 11 is 3.34. The van der Waals surface area contributed by atoms with Gasteiger partial charge in [0.15, 0.2) is 23.1 Å². The third-order valence-corrected chi connectivity index (χ3v) is 12.9. The third kappa shape index (κ3) is 9.64. The number of ketones is 1. The van der Waals surface area contributed by atoms with Gasteiger partial charge in [-0.3, -0.25) is 4.79 Å². The van der Waals surface area contributed by atoms with Gasteiger partial charge in [-0.05, 0) is 122 Å². The average molecular weight is 779 g/mol. The number of thiophene rings is 2. The van der Waals surface area contributed by atoms with Gasteiger partial charge in [-0.1, -0.05) is 13.5 Å². The van der Waals surface area contributed by atoms with E-state index in [2.05, 4.69) is 80.7 Å². The summed E-state index contributed by atoms with van der Waals surface area (Å²) in [6.07, 6.45) is 12.8. The molecule has 4 aromatic heterocycles. The second-order valence-corrected chi connectivity index (χ2v) is 16.6. The Bertz CT molecular complexity index is 2170. The van der Waals surface area contributed by atoms with Crippen molar-refractivity contribution in [3.8, 4) is 0 Å². The van der Waals surface area contributed by atoms with Crippen LogP contribution < -0.4 is 29.5 Å². The maximum Gasteiger partial charge on any atom is 1.00 e. The molecule has 0 bridgehead atoms. The summed E-state index contributed by atoms with van der Waals surface area (Å²) < 4.78 is 2.33. The number of hydrogen-bond acceptors (Lipinski definition) is 12. The maximum atomic E-state index is 11.8. The summed E-state index contributed by atoms with van der Waals surface area (Å²) in [5.74, 6) is 1.91. The third-order valence-electron chi connectivity index (χ3n) is 10.7. The van der Waals surface area contributed by atoms with Gasteiger partial charge in [0.2, 0.25) is 0 Å². The van der Waals surface area contributed by atoms with Crippen molar-refractivity contribution in [3.63, 3.8) is 0 Å². The molecule has 2 saturated carbocycles. The van der Waals surface area contributed by atoms with Crippen LogP contribution >= 0.6 is 22.7 Å². The van der Waals surface area contributed by atoms with Gasteiger partial charge in [0.25, 0.3) is 0 Å². The number of rotatable bonds is 8. The van der Waals surface area contributed by atoms with E-state index >= 15 is 0 Å². The summed E-state index contributed by atoms with van der Waals surface area (Å²) in [6, 6.07) is 14.3. The van der Waals surface area contributed by atoms with Crippen molar-refractivity contribution < 1.29 is 30.2 Å². The number of nitrogens with zero attached hydrogens (tertiary/aromatic N) is 6. The van der Waals surface area contributed by atoms with Crippen LogP contribution in [0.2, 0.25) is 0 Å². The molecular weight excluding hydrogens is 723 g/mol. The molecule has 0 amide bonds. The maximum absolute atomic E-state index is 11.8. The quantitative estimate of drug-likeness (QED) is 0.150. The first kappa shape index (κ1) is 44.0. The summed E-state index contributed by atoms with van der Waals surface area (Å²) in [4.78, 5) is 36.4. The minimum Gasteiger partial charge on any atom is -1.00 e. The van der Waals surface area contributed by atoms with Gasteiger partial charge < -0.3 is 27.0 Å². The number of carbonyl (C=O) groups is 1. The van der Waals surface area contributed by atoms with Crippen LogP contribution in [0.25, 0.3) is 40.6 Å². The molecule has 0 atom stereocenters. The Hall–Kier alpha value is -2.68. The first-order valence-electron chi connectivity index (χ1n) is 18.0. The number of anilines is 2. The summed E-state index contributed by atoms with van der Waals surface area (Å²) in [6.45, 7) is 1.66. The predicted molar refractivity (Wildman–Crippen MR) is 230 cm³/mol. The van der Waals surface area contributed by atoms with E-state index in [0.717, 1.165) is 84.4 Å². The van der Waals surface area contributed by atoms with E-state index in [4.69, 9.17) is 0 Å². The van der Waals surface area contributed by atoms with Crippen LogP contribution in [-0.2, 0) is 6.61 Å². The minimum atomic E-state index is 0. The van der Waals surface area contributed by atoms with E-state index in [1.807, 2.05) is 24.3 Å². The molecule has 6 aromatic rings. The molecule has 0 radical (unpaired) electrons. The number of Topliss-reactive ketones (excluding diaryl/α,β-unsaturated/α-hetero) is 1. The molecular formula is C40H56AlLiN8O2S2. The van der Waals surface area contributed by atoms with Crippen LogP contribution in [-0.4, -0.2) is 110 Å². The number of aromatic nitrogens is 4. The van der Waals surface area contributed by atoms with E-state index in [1.54, 1.807) is 42.3 Å². The molecule has 2 aliphatic carbocycles. The Morgan fingerprint density at radius 1 is 0.741 bits per heavy atom. The van der Waals surface area contributed by atoms with Crippen molar-refractivity contribution in [2.24, 2.45) is 0 Å². The van der Waals surface area contributed by atoms with Crippen LogP contribution in [0, 0.1) is 0 Å². The fourth-order valence-electron chi connectivity index (χ4n) is 7.66. The van der Waals surface area contributed by atoms with E-state index in [0.29, 0.717) is 24.2 Å². The number of fused-ring (bicyclic) bond motifs is 6. The summed E-state index contributed by atoms with van der Waals surface area (Å²) in [5, 5.41) is 21.1. The number of hydrogen-bond donors (Lipinski definition) is 3. The molecule has 0 spiro atoms. The molecule has 2 fully saturated rings. The zero-order valence-electron chi connectivity index (χ0n) is 32.1. The van der Waals surface area contributed by atoms with Crippen molar-refractivity contribution in [2.45, 2.75) is 96.5 Å². The Kier molecular flexibility index (Phi) is 15.9. The Labute approximate surface area is 351 Å². The normalized spacial score (nSPS) is 19.9. The van der Waals surface area contributed by atoms with E-state index < -0.39 is 0 Å². The number of aliphatic hydroxyl groups excluding tert-OH is 1. The first-order valence-corrected chi connectivity index (χ1v) is 19.6. The second-order valence-electron chi connectivity index (χ2n) is 14.5. The largest absolute Gasteiger partial charge is 1.00 e.